The van der Waals surface area contributed by atoms with Crippen LogP contribution in [0.5, 0.6) is 0 Å². The second-order valence-corrected chi connectivity index (χ2v) is 6.25. The largest absolute Gasteiger partial charge is 0.369 e. The maximum absolute atomic E-state index is 4.63. The summed E-state index contributed by atoms with van der Waals surface area (Å²) in [6, 6.07) is 13.1. The molecule has 0 unspecified atom stereocenters. The van der Waals surface area contributed by atoms with Crippen molar-refractivity contribution in [3.63, 3.8) is 0 Å². The van der Waals surface area contributed by atoms with Crippen LogP contribution in [-0.4, -0.2) is 35.6 Å². The molecule has 118 valence electrons. The molecule has 1 saturated heterocycles. The third kappa shape index (κ3) is 2.94. The van der Waals surface area contributed by atoms with Crippen molar-refractivity contribution in [1.82, 2.24) is 14.7 Å². The van der Waals surface area contributed by atoms with Gasteiger partial charge in [-0.2, -0.15) is 0 Å². The molecular weight excluding hydrogens is 284 g/mol. The van der Waals surface area contributed by atoms with E-state index in [4.69, 9.17) is 0 Å². The van der Waals surface area contributed by atoms with Gasteiger partial charge in [0.15, 0.2) is 0 Å². The highest BCUT2D eigenvalue weighted by atomic mass is 15.2. The summed E-state index contributed by atoms with van der Waals surface area (Å²) in [5, 5.41) is 3.40. The first-order valence-electron chi connectivity index (χ1n) is 8.27. The number of aryl methyl sites for hydroxylation is 1. The first kappa shape index (κ1) is 14.3. The van der Waals surface area contributed by atoms with Crippen LogP contribution < -0.4 is 10.2 Å². The van der Waals surface area contributed by atoms with E-state index in [1.807, 2.05) is 6.20 Å². The first-order chi connectivity index (χ1) is 11.3. The van der Waals surface area contributed by atoms with E-state index in [0.717, 1.165) is 38.4 Å². The molecule has 1 fully saturated rings. The number of hydrogen-bond donors (Lipinski definition) is 1. The van der Waals surface area contributed by atoms with Crippen LogP contribution in [-0.2, 0) is 6.42 Å². The Morgan fingerprint density at radius 1 is 1.09 bits per heavy atom. The minimum absolute atomic E-state index is 0.863. The van der Waals surface area contributed by atoms with Crippen molar-refractivity contribution in [2.75, 3.05) is 31.1 Å². The Bertz CT molecular complexity index is 798. The van der Waals surface area contributed by atoms with Gasteiger partial charge in [0.25, 0.3) is 0 Å². The summed E-state index contributed by atoms with van der Waals surface area (Å²) >= 11 is 0. The van der Waals surface area contributed by atoms with Crippen molar-refractivity contribution in [3.8, 4) is 0 Å². The molecule has 3 heterocycles. The van der Waals surface area contributed by atoms with Crippen LogP contribution in [0.15, 0.2) is 48.8 Å². The fourth-order valence-electron chi connectivity index (χ4n) is 3.18. The molecule has 1 aliphatic heterocycles. The molecule has 2 aromatic heterocycles. The number of hydrogen-bond acceptors (Lipinski definition) is 3. The lowest BCUT2D eigenvalue weighted by Gasteiger charge is -2.29. The fourth-order valence-corrected chi connectivity index (χ4v) is 3.18. The molecule has 0 spiro atoms. The molecule has 1 aliphatic rings. The summed E-state index contributed by atoms with van der Waals surface area (Å²) in [6.45, 7) is 6.37. The van der Waals surface area contributed by atoms with Crippen LogP contribution in [0.2, 0.25) is 0 Å². The molecule has 4 rings (SSSR count). The average molecular weight is 306 g/mol. The number of nitrogens with zero attached hydrogens (tertiary/aromatic N) is 3. The molecule has 0 atom stereocenters. The number of imidazole rings is 1. The van der Waals surface area contributed by atoms with Gasteiger partial charge >= 0.3 is 0 Å². The second kappa shape index (κ2) is 6.05. The van der Waals surface area contributed by atoms with Gasteiger partial charge in [0, 0.05) is 44.5 Å². The molecule has 4 heteroatoms. The lowest BCUT2D eigenvalue weighted by Crippen LogP contribution is -2.43. The van der Waals surface area contributed by atoms with Gasteiger partial charge in [-0.25, -0.2) is 4.98 Å². The van der Waals surface area contributed by atoms with Crippen molar-refractivity contribution in [3.05, 3.63) is 65.7 Å². The normalized spacial score (nSPS) is 15.3. The topological polar surface area (TPSA) is 32.6 Å². The molecule has 1 aromatic carbocycles. The zero-order chi connectivity index (χ0) is 15.6. The monoisotopic (exact) mass is 306 g/mol. The molecule has 1 N–H and O–H groups in total. The van der Waals surface area contributed by atoms with Crippen LogP contribution in [0, 0.1) is 6.92 Å². The Labute approximate surface area is 136 Å². The SMILES string of the molecule is Cc1ccc(Cc2ncc3cc(N4CCNCC4)ccn23)cc1. The summed E-state index contributed by atoms with van der Waals surface area (Å²) < 4.78 is 2.20. The highest BCUT2D eigenvalue weighted by Gasteiger charge is 2.12. The quantitative estimate of drug-likeness (QED) is 0.807. The average Bonchev–Trinajstić information content (AvgIpc) is 3.00. The standard InChI is InChI=1S/C19H22N4/c1-15-2-4-16(5-3-15)12-19-21-14-18-13-17(6-9-23(18)19)22-10-7-20-8-11-22/h2-6,9,13-14,20H,7-8,10-12H2,1H3. The number of piperazine rings is 1. The maximum atomic E-state index is 4.63. The fraction of sp³-hybridized carbons (Fsp3) is 0.316. The zero-order valence-electron chi connectivity index (χ0n) is 13.5. The number of nitrogens with one attached hydrogen (secondary N) is 1. The third-order valence-corrected chi connectivity index (χ3v) is 4.56. The molecule has 0 amide bonds. The maximum Gasteiger partial charge on any atom is 0.117 e. The summed E-state index contributed by atoms with van der Waals surface area (Å²) in [6.07, 6.45) is 5.00. The predicted octanol–water partition coefficient (Wildman–Crippen LogP) is 2.64. The van der Waals surface area contributed by atoms with Gasteiger partial charge in [-0.1, -0.05) is 29.8 Å². The summed E-state index contributed by atoms with van der Waals surface area (Å²) in [4.78, 5) is 7.07. The van der Waals surface area contributed by atoms with E-state index in [9.17, 15) is 0 Å². The van der Waals surface area contributed by atoms with Gasteiger partial charge in [-0.3, -0.25) is 0 Å². The number of anilines is 1. The Morgan fingerprint density at radius 3 is 2.65 bits per heavy atom. The summed E-state index contributed by atoms with van der Waals surface area (Å²) in [5.41, 5.74) is 5.06. The number of aromatic nitrogens is 2. The minimum Gasteiger partial charge on any atom is -0.369 e. The summed E-state index contributed by atoms with van der Waals surface area (Å²) in [5.74, 6) is 1.09. The van der Waals surface area contributed by atoms with Crippen LogP contribution >= 0.6 is 0 Å². The first-order valence-corrected chi connectivity index (χ1v) is 8.27. The van der Waals surface area contributed by atoms with E-state index in [1.165, 1.54) is 22.3 Å². The summed E-state index contributed by atoms with van der Waals surface area (Å²) in [7, 11) is 0. The van der Waals surface area contributed by atoms with Gasteiger partial charge in [0.2, 0.25) is 0 Å². The second-order valence-electron chi connectivity index (χ2n) is 6.25. The van der Waals surface area contributed by atoms with Gasteiger partial charge in [0.1, 0.15) is 5.82 Å². The number of benzene rings is 1. The number of fused-ring (bicyclic) bond motifs is 1. The van der Waals surface area contributed by atoms with E-state index >= 15 is 0 Å². The molecule has 0 bridgehead atoms. The Morgan fingerprint density at radius 2 is 1.87 bits per heavy atom. The Kier molecular flexibility index (Phi) is 3.75. The van der Waals surface area contributed by atoms with Crippen molar-refractivity contribution < 1.29 is 0 Å². The zero-order valence-corrected chi connectivity index (χ0v) is 13.5. The van der Waals surface area contributed by atoms with Crippen molar-refractivity contribution in [1.29, 1.82) is 0 Å². The highest BCUT2D eigenvalue weighted by Crippen LogP contribution is 2.20. The molecule has 3 aromatic rings. The van der Waals surface area contributed by atoms with Crippen LogP contribution in [0.1, 0.15) is 17.0 Å². The van der Waals surface area contributed by atoms with E-state index in [2.05, 4.69) is 69.1 Å². The Hall–Kier alpha value is -2.33. The predicted molar refractivity (Wildman–Crippen MR) is 94.3 cm³/mol. The Balaban J connectivity index is 1.60. The van der Waals surface area contributed by atoms with Gasteiger partial charge in [-0.15, -0.1) is 0 Å². The molecule has 4 nitrogen and oxygen atoms in total. The molecular formula is C19H22N4. The van der Waals surface area contributed by atoms with Gasteiger partial charge in [-0.05, 0) is 24.6 Å². The highest BCUT2D eigenvalue weighted by molar-refractivity contribution is 5.60. The van der Waals surface area contributed by atoms with Crippen molar-refractivity contribution in [2.45, 2.75) is 13.3 Å². The van der Waals surface area contributed by atoms with Crippen LogP contribution in [0.4, 0.5) is 5.69 Å². The lowest BCUT2D eigenvalue weighted by atomic mass is 10.1. The number of rotatable bonds is 3. The van der Waals surface area contributed by atoms with E-state index < -0.39 is 0 Å². The van der Waals surface area contributed by atoms with E-state index in [-0.39, 0.29) is 0 Å². The molecule has 0 radical (unpaired) electrons. The van der Waals surface area contributed by atoms with Gasteiger partial charge in [0.05, 0.1) is 11.7 Å². The third-order valence-electron chi connectivity index (χ3n) is 4.56. The van der Waals surface area contributed by atoms with Crippen LogP contribution in [0.25, 0.3) is 5.52 Å². The molecule has 0 aliphatic carbocycles. The van der Waals surface area contributed by atoms with Crippen molar-refractivity contribution >= 4 is 11.2 Å². The van der Waals surface area contributed by atoms with Crippen LogP contribution in [0.3, 0.4) is 0 Å². The van der Waals surface area contributed by atoms with Gasteiger partial charge < -0.3 is 14.6 Å². The molecule has 0 saturated carbocycles. The van der Waals surface area contributed by atoms with E-state index in [0.29, 0.717) is 0 Å². The molecule has 23 heavy (non-hydrogen) atoms. The minimum atomic E-state index is 0.863. The smallest absolute Gasteiger partial charge is 0.117 e. The van der Waals surface area contributed by atoms with E-state index in [1.54, 1.807) is 0 Å². The number of pyridine rings is 1. The van der Waals surface area contributed by atoms with Crippen molar-refractivity contribution in [2.24, 2.45) is 0 Å². The lowest BCUT2D eigenvalue weighted by molar-refractivity contribution is 0.589.